The summed E-state index contributed by atoms with van der Waals surface area (Å²) in [6.45, 7) is 2.08. The van der Waals surface area contributed by atoms with Crippen molar-refractivity contribution in [1.82, 2.24) is 5.32 Å². The fourth-order valence-corrected chi connectivity index (χ4v) is 3.14. The Hall–Kier alpha value is -2.12. The number of benzene rings is 3. The minimum absolute atomic E-state index is 0.984. The second kappa shape index (κ2) is 4.77. The van der Waals surface area contributed by atoms with Crippen molar-refractivity contribution < 1.29 is 0 Å². The van der Waals surface area contributed by atoms with E-state index in [9.17, 15) is 0 Å². The quantitative estimate of drug-likeness (QED) is 0.692. The van der Waals surface area contributed by atoms with Gasteiger partial charge in [0.1, 0.15) is 0 Å². The van der Waals surface area contributed by atoms with Crippen molar-refractivity contribution in [3.05, 3.63) is 71.8 Å². The zero-order valence-corrected chi connectivity index (χ0v) is 11.4. The van der Waals surface area contributed by atoms with E-state index in [1.54, 1.807) is 0 Å². The smallest absolute Gasteiger partial charge is 0.0214 e. The second-order valence-electron chi connectivity index (χ2n) is 5.43. The Morgan fingerprint density at radius 3 is 2.65 bits per heavy atom. The normalized spacial score (nSPS) is 14.2. The molecule has 20 heavy (non-hydrogen) atoms. The molecule has 0 aromatic heterocycles. The highest BCUT2D eigenvalue weighted by molar-refractivity contribution is 5.88. The molecule has 0 spiro atoms. The van der Waals surface area contributed by atoms with E-state index in [-0.39, 0.29) is 0 Å². The van der Waals surface area contributed by atoms with Crippen molar-refractivity contribution in [3.8, 4) is 11.1 Å². The van der Waals surface area contributed by atoms with Crippen LogP contribution < -0.4 is 5.32 Å². The lowest BCUT2D eigenvalue weighted by Crippen LogP contribution is -2.24. The van der Waals surface area contributed by atoms with Gasteiger partial charge in [-0.25, -0.2) is 0 Å². The highest BCUT2D eigenvalue weighted by Gasteiger charge is 2.13. The van der Waals surface area contributed by atoms with Gasteiger partial charge in [-0.15, -0.1) is 0 Å². The fourth-order valence-electron chi connectivity index (χ4n) is 3.14. The molecule has 0 atom stereocenters. The molecule has 1 heterocycles. The Bertz CT molecular complexity index is 774. The van der Waals surface area contributed by atoms with E-state index < -0.39 is 0 Å². The third-order valence-electron chi connectivity index (χ3n) is 4.21. The van der Waals surface area contributed by atoms with Crippen LogP contribution in [0.1, 0.15) is 11.1 Å². The molecule has 1 heteroatoms. The first kappa shape index (κ1) is 11.7. The van der Waals surface area contributed by atoms with Crippen LogP contribution in [0.4, 0.5) is 0 Å². The monoisotopic (exact) mass is 259 g/mol. The van der Waals surface area contributed by atoms with E-state index in [1.165, 1.54) is 33.0 Å². The van der Waals surface area contributed by atoms with Crippen LogP contribution in [0.25, 0.3) is 21.9 Å². The van der Waals surface area contributed by atoms with E-state index in [0.717, 1.165) is 19.5 Å². The SMILES string of the molecule is c1cc2c(c(-c3ccc4ccccc4c3)c1)CNCC2. The van der Waals surface area contributed by atoms with Crippen molar-refractivity contribution >= 4 is 10.8 Å². The third kappa shape index (κ3) is 1.91. The molecular weight excluding hydrogens is 242 g/mol. The van der Waals surface area contributed by atoms with Crippen molar-refractivity contribution in [2.45, 2.75) is 13.0 Å². The summed E-state index contributed by atoms with van der Waals surface area (Å²) in [5, 5.41) is 6.10. The summed E-state index contributed by atoms with van der Waals surface area (Å²) in [5.74, 6) is 0. The first-order valence-corrected chi connectivity index (χ1v) is 7.22. The molecular formula is C19H17N. The topological polar surface area (TPSA) is 12.0 Å². The molecule has 4 rings (SSSR count). The van der Waals surface area contributed by atoms with Gasteiger partial charge in [0, 0.05) is 6.54 Å². The summed E-state index contributed by atoms with van der Waals surface area (Å²) >= 11 is 0. The molecule has 0 saturated heterocycles. The van der Waals surface area contributed by atoms with Crippen molar-refractivity contribution in [3.63, 3.8) is 0 Å². The Morgan fingerprint density at radius 2 is 1.70 bits per heavy atom. The Labute approximate surface area is 119 Å². The maximum Gasteiger partial charge on any atom is 0.0214 e. The van der Waals surface area contributed by atoms with Crippen molar-refractivity contribution in [2.75, 3.05) is 6.54 Å². The van der Waals surface area contributed by atoms with Gasteiger partial charge >= 0.3 is 0 Å². The lowest BCUT2D eigenvalue weighted by atomic mass is 9.91. The van der Waals surface area contributed by atoms with Crippen LogP contribution in [0.3, 0.4) is 0 Å². The van der Waals surface area contributed by atoms with Gasteiger partial charge in [0.15, 0.2) is 0 Å². The van der Waals surface area contributed by atoms with Gasteiger partial charge in [-0.2, -0.15) is 0 Å². The van der Waals surface area contributed by atoms with Gasteiger partial charge in [-0.05, 0) is 52.1 Å². The summed E-state index contributed by atoms with van der Waals surface area (Å²) in [5.41, 5.74) is 5.66. The van der Waals surface area contributed by atoms with Gasteiger partial charge in [-0.3, -0.25) is 0 Å². The number of hydrogen-bond acceptors (Lipinski definition) is 1. The molecule has 0 radical (unpaired) electrons. The van der Waals surface area contributed by atoms with Gasteiger partial charge in [0.05, 0.1) is 0 Å². The summed E-state index contributed by atoms with van der Waals surface area (Å²) in [4.78, 5) is 0. The van der Waals surface area contributed by atoms with Crippen molar-refractivity contribution in [1.29, 1.82) is 0 Å². The molecule has 0 amide bonds. The predicted octanol–water partition coefficient (Wildman–Crippen LogP) is 4.15. The van der Waals surface area contributed by atoms with Crippen molar-refractivity contribution in [2.24, 2.45) is 0 Å². The summed E-state index contributed by atoms with van der Waals surface area (Å²) in [6.07, 6.45) is 1.14. The Kier molecular flexibility index (Phi) is 2.79. The molecule has 0 unspecified atom stereocenters. The molecule has 1 N–H and O–H groups in total. The van der Waals surface area contributed by atoms with Crippen LogP contribution in [0.2, 0.25) is 0 Å². The molecule has 0 saturated carbocycles. The average Bonchev–Trinajstić information content (AvgIpc) is 2.54. The number of rotatable bonds is 1. The summed E-state index contributed by atoms with van der Waals surface area (Å²) in [6, 6.07) is 22.0. The van der Waals surface area contributed by atoms with Gasteiger partial charge in [0.25, 0.3) is 0 Å². The molecule has 1 aliphatic heterocycles. The third-order valence-corrected chi connectivity index (χ3v) is 4.21. The lowest BCUT2D eigenvalue weighted by molar-refractivity contribution is 0.645. The van der Waals surface area contributed by atoms with E-state index in [0.29, 0.717) is 0 Å². The van der Waals surface area contributed by atoms with E-state index >= 15 is 0 Å². The van der Waals surface area contributed by atoms with Gasteiger partial charge in [-0.1, -0.05) is 54.6 Å². The van der Waals surface area contributed by atoms with Crippen LogP contribution in [0.15, 0.2) is 60.7 Å². The maximum absolute atomic E-state index is 3.49. The Morgan fingerprint density at radius 1 is 0.800 bits per heavy atom. The molecule has 3 aromatic rings. The maximum atomic E-state index is 3.49. The molecule has 3 aromatic carbocycles. The van der Waals surface area contributed by atoms with Crippen LogP contribution in [-0.4, -0.2) is 6.54 Å². The predicted molar refractivity (Wildman–Crippen MR) is 84.8 cm³/mol. The highest BCUT2D eigenvalue weighted by Crippen LogP contribution is 2.30. The molecule has 98 valence electrons. The zero-order valence-electron chi connectivity index (χ0n) is 11.4. The molecule has 0 aliphatic carbocycles. The molecule has 0 fully saturated rings. The van der Waals surface area contributed by atoms with E-state index in [1.807, 2.05) is 0 Å². The second-order valence-corrected chi connectivity index (χ2v) is 5.43. The highest BCUT2D eigenvalue weighted by atomic mass is 14.9. The zero-order chi connectivity index (χ0) is 13.4. The summed E-state index contributed by atoms with van der Waals surface area (Å²) < 4.78 is 0. The first-order chi connectivity index (χ1) is 9.92. The van der Waals surface area contributed by atoms with Crippen LogP contribution in [0.5, 0.6) is 0 Å². The van der Waals surface area contributed by atoms with Crippen LogP contribution in [-0.2, 0) is 13.0 Å². The van der Waals surface area contributed by atoms with E-state index in [4.69, 9.17) is 0 Å². The Balaban J connectivity index is 1.90. The molecule has 0 bridgehead atoms. The molecule has 1 aliphatic rings. The molecule has 1 nitrogen and oxygen atoms in total. The largest absolute Gasteiger partial charge is 0.312 e. The number of nitrogens with one attached hydrogen (secondary N) is 1. The standard InChI is InChI=1S/C19H17N/c1-2-5-16-12-17(9-8-14(16)4-1)18-7-3-6-15-10-11-20-13-19(15)18/h1-9,12,20H,10-11,13H2. The van der Waals surface area contributed by atoms with Gasteiger partial charge in [0.2, 0.25) is 0 Å². The number of fused-ring (bicyclic) bond motifs is 2. The van der Waals surface area contributed by atoms with Crippen LogP contribution >= 0.6 is 0 Å². The minimum atomic E-state index is 0.984. The van der Waals surface area contributed by atoms with Crippen LogP contribution in [0, 0.1) is 0 Å². The van der Waals surface area contributed by atoms with Gasteiger partial charge < -0.3 is 5.32 Å². The summed E-state index contributed by atoms with van der Waals surface area (Å²) in [7, 11) is 0. The average molecular weight is 259 g/mol. The van der Waals surface area contributed by atoms with E-state index in [2.05, 4.69) is 66.0 Å². The first-order valence-electron chi connectivity index (χ1n) is 7.22. The minimum Gasteiger partial charge on any atom is -0.312 e. The number of hydrogen-bond donors (Lipinski definition) is 1. The lowest BCUT2D eigenvalue weighted by Gasteiger charge is -2.20. The fraction of sp³-hybridized carbons (Fsp3) is 0.158.